The monoisotopic (exact) mass is 812 g/mol. The van der Waals surface area contributed by atoms with E-state index in [4.69, 9.17) is 9.84 Å². The molecule has 16 nitrogen and oxygen atoms in total. The second kappa shape index (κ2) is 16.3. The number of fused-ring (bicyclic) bond motifs is 2. The Balaban J connectivity index is 0.778. The predicted octanol–water partition coefficient (Wildman–Crippen LogP) is 4.69. The van der Waals surface area contributed by atoms with Crippen LogP contribution in [-0.4, -0.2) is 116 Å². The smallest absolute Gasteiger partial charge is 0.284 e. The molecule has 59 heavy (non-hydrogen) atoms. The fourth-order valence-corrected chi connectivity index (χ4v) is 9.39. The lowest BCUT2D eigenvalue weighted by Crippen LogP contribution is -2.45. The number of nitrogens with zero attached hydrogens (tertiary/aromatic N) is 10. The summed E-state index contributed by atoms with van der Waals surface area (Å²) in [6, 6.07) is 8.49. The number of hydrogen-bond acceptors (Lipinski definition) is 11. The third-order valence-electron chi connectivity index (χ3n) is 12.8. The first-order valence-corrected chi connectivity index (χ1v) is 20.7. The van der Waals surface area contributed by atoms with Crippen LogP contribution in [0.1, 0.15) is 91.5 Å². The number of aryl methyl sites for hydroxylation is 1. The van der Waals surface area contributed by atoms with E-state index in [1.54, 1.807) is 17.1 Å². The number of anilines is 3. The molecule has 0 radical (unpaired) electrons. The number of alkyl halides is 2. The van der Waals surface area contributed by atoms with Gasteiger partial charge in [-0.05, 0) is 75.1 Å². The molecule has 0 bridgehead atoms. The maximum atomic E-state index is 14.3. The second-order valence-corrected chi connectivity index (χ2v) is 16.4. The van der Waals surface area contributed by atoms with Gasteiger partial charge in [-0.1, -0.05) is 0 Å². The van der Waals surface area contributed by atoms with Crippen LogP contribution in [0.2, 0.25) is 0 Å². The van der Waals surface area contributed by atoms with Crippen molar-refractivity contribution in [2.24, 2.45) is 13.0 Å². The number of likely N-dealkylation sites (tertiary alicyclic amines) is 1. The van der Waals surface area contributed by atoms with Crippen molar-refractivity contribution >= 4 is 51.5 Å². The van der Waals surface area contributed by atoms with Gasteiger partial charge >= 0.3 is 0 Å². The number of carbonyl (C=O) groups excluding carboxylic acids is 3. The summed E-state index contributed by atoms with van der Waals surface area (Å²) in [6.07, 6.45) is 8.29. The Bertz CT molecular complexity index is 2350. The number of morpholine rings is 1. The van der Waals surface area contributed by atoms with E-state index in [2.05, 4.69) is 65.8 Å². The number of imide groups is 1. The molecule has 312 valence electrons. The first-order chi connectivity index (χ1) is 28.6. The molecule has 1 atom stereocenters. The van der Waals surface area contributed by atoms with Gasteiger partial charge in [0.15, 0.2) is 11.3 Å². The van der Waals surface area contributed by atoms with Crippen LogP contribution in [0.25, 0.3) is 16.6 Å². The molecule has 1 aromatic carbocycles. The molecule has 1 unspecified atom stereocenters. The highest BCUT2D eigenvalue weighted by molar-refractivity contribution is 6.08. The summed E-state index contributed by atoms with van der Waals surface area (Å²) in [7, 11) is 4.04. The summed E-state index contributed by atoms with van der Waals surface area (Å²) in [5.74, 6) is -0.296. The van der Waals surface area contributed by atoms with E-state index in [0.29, 0.717) is 62.6 Å². The molecule has 9 rings (SSSR count). The zero-order chi connectivity index (χ0) is 40.8. The Morgan fingerprint density at radius 2 is 1.80 bits per heavy atom. The Hall–Kier alpha value is -5.49. The van der Waals surface area contributed by atoms with Crippen LogP contribution >= 0.6 is 0 Å². The van der Waals surface area contributed by atoms with Crippen LogP contribution in [0, 0.1) is 5.92 Å². The van der Waals surface area contributed by atoms with Crippen LogP contribution < -0.4 is 20.4 Å². The van der Waals surface area contributed by atoms with Crippen LogP contribution in [0.4, 0.5) is 26.0 Å². The molecule has 3 amide bonds. The van der Waals surface area contributed by atoms with E-state index in [0.717, 1.165) is 80.4 Å². The van der Waals surface area contributed by atoms with Crippen molar-refractivity contribution in [2.75, 3.05) is 68.1 Å². The second-order valence-electron chi connectivity index (χ2n) is 16.4. The molecule has 3 saturated heterocycles. The van der Waals surface area contributed by atoms with E-state index in [-0.39, 0.29) is 29.1 Å². The lowest BCUT2D eigenvalue weighted by molar-refractivity contribution is -0.134. The van der Waals surface area contributed by atoms with Gasteiger partial charge in [-0.2, -0.15) is 15.3 Å². The molecule has 1 saturated carbocycles. The Labute approximate surface area is 339 Å². The molecule has 5 aromatic rings. The largest absolute Gasteiger partial charge is 0.378 e. The zero-order valence-corrected chi connectivity index (χ0v) is 33.4. The van der Waals surface area contributed by atoms with Crippen molar-refractivity contribution in [3.63, 3.8) is 0 Å². The number of nitrogens with one attached hydrogen (secondary N) is 2. The summed E-state index contributed by atoms with van der Waals surface area (Å²) >= 11 is 0. The van der Waals surface area contributed by atoms with Gasteiger partial charge in [0.25, 0.3) is 12.3 Å². The number of rotatable bonds is 10. The molecule has 3 aliphatic heterocycles. The van der Waals surface area contributed by atoms with Crippen molar-refractivity contribution < 1.29 is 27.9 Å². The summed E-state index contributed by atoms with van der Waals surface area (Å²) in [5, 5.41) is 19.3. The topological polar surface area (TPSA) is 160 Å². The zero-order valence-electron chi connectivity index (χ0n) is 33.4. The van der Waals surface area contributed by atoms with Gasteiger partial charge in [0.05, 0.1) is 48.3 Å². The normalized spacial score (nSPS) is 22.4. The lowest BCUT2D eigenvalue weighted by atomic mass is 9.85. The molecule has 4 fully saturated rings. The molecule has 7 heterocycles. The van der Waals surface area contributed by atoms with E-state index in [9.17, 15) is 23.2 Å². The molecule has 4 aromatic heterocycles. The lowest BCUT2D eigenvalue weighted by Gasteiger charge is -2.40. The van der Waals surface area contributed by atoms with Gasteiger partial charge in [-0.15, -0.1) is 0 Å². The van der Waals surface area contributed by atoms with Gasteiger partial charge < -0.3 is 24.8 Å². The number of benzene rings is 1. The van der Waals surface area contributed by atoms with E-state index >= 15 is 0 Å². The van der Waals surface area contributed by atoms with Gasteiger partial charge in [-0.3, -0.25) is 29.1 Å². The van der Waals surface area contributed by atoms with Crippen molar-refractivity contribution in [1.29, 1.82) is 0 Å². The quantitative estimate of drug-likeness (QED) is 0.189. The van der Waals surface area contributed by atoms with Crippen LogP contribution in [0.15, 0.2) is 42.9 Å². The number of carbonyl (C=O) groups is 3. The number of hydrogen-bond donors (Lipinski definition) is 2. The number of piperidine rings is 2. The molecule has 4 aliphatic rings. The highest BCUT2D eigenvalue weighted by atomic mass is 19.3. The standard InChI is InChI=1S/C41H50F2N12O4/c1-50(28-7-8-29-33(21-28)51(2)48-36(29)30-9-10-35(56)47-40(30)57)26-11-14-52(15-12-26)23-25-3-5-27(6-4-25)55-24-32(37(49-55)38(42)43)45-41(58)31-22-44-54-16-13-34(46-39(31)54)53-17-19-59-20-18-53/h7-8,13,16,21-22,24-27,30,38H,3-6,9-12,14-15,17-20,23H2,1-2H3,(H,45,58)(H,47,56,57). The van der Waals surface area contributed by atoms with Gasteiger partial charge in [0.1, 0.15) is 11.4 Å². The maximum absolute atomic E-state index is 14.3. The SMILES string of the molecule is CN(c1ccc2c(C3CCC(=O)NC3=O)nn(C)c2c1)C1CCN(CC2CCC(n3cc(NC(=O)c4cnn5ccc(N6CCOCC6)nc45)c(C(F)F)n3)CC2)CC1. The fourth-order valence-electron chi connectivity index (χ4n) is 9.39. The fraction of sp³-hybridized carbons (Fsp3) is 0.537. The number of amides is 3. The molecule has 1 aliphatic carbocycles. The molecular formula is C41H50F2N12O4. The Morgan fingerprint density at radius 3 is 2.54 bits per heavy atom. The van der Waals surface area contributed by atoms with Crippen molar-refractivity contribution in [2.45, 2.75) is 75.8 Å². The third-order valence-corrected chi connectivity index (χ3v) is 12.8. The number of aromatic nitrogens is 7. The summed E-state index contributed by atoms with van der Waals surface area (Å²) in [5.41, 5.74) is 2.88. The van der Waals surface area contributed by atoms with Crippen LogP contribution in [-0.2, 0) is 21.4 Å². The first-order valence-electron chi connectivity index (χ1n) is 20.7. The molecule has 2 N–H and O–H groups in total. The summed E-state index contributed by atoms with van der Waals surface area (Å²) in [6.45, 7) is 5.55. The van der Waals surface area contributed by atoms with Gasteiger partial charge in [-0.25, -0.2) is 18.3 Å². The van der Waals surface area contributed by atoms with Crippen molar-refractivity contribution in [3.8, 4) is 0 Å². The van der Waals surface area contributed by atoms with Gasteiger partial charge in [0.2, 0.25) is 11.8 Å². The summed E-state index contributed by atoms with van der Waals surface area (Å²) in [4.78, 5) is 49.4. The number of halogens is 2. The molecule has 0 spiro atoms. The average molecular weight is 813 g/mol. The Morgan fingerprint density at radius 1 is 1.02 bits per heavy atom. The predicted molar refractivity (Wildman–Crippen MR) is 216 cm³/mol. The first kappa shape index (κ1) is 39.0. The van der Waals surface area contributed by atoms with E-state index in [1.165, 1.54) is 10.7 Å². The van der Waals surface area contributed by atoms with Gasteiger partial charge in [0, 0.05) is 82.7 Å². The van der Waals surface area contributed by atoms with E-state index in [1.807, 2.05) is 17.8 Å². The van der Waals surface area contributed by atoms with Crippen molar-refractivity contribution in [3.05, 3.63) is 59.8 Å². The minimum absolute atomic E-state index is 0.000801. The maximum Gasteiger partial charge on any atom is 0.284 e. The minimum Gasteiger partial charge on any atom is -0.378 e. The highest BCUT2D eigenvalue weighted by Gasteiger charge is 2.33. The average Bonchev–Trinajstić information content (AvgIpc) is 3.96. The number of ether oxygens (including phenoxy) is 1. The van der Waals surface area contributed by atoms with Crippen LogP contribution in [0.5, 0.6) is 0 Å². The highest BCUT2D eigenvalue weighted by Crippen LogP contribution is 2.37. The van der Waals surface area contributed by atoms with Crippen molar-refractivity contribution in [1.82, 2.24) is 44.4 Å². The summed E-state index contributed by atoms with van der Waals surface area (Å²) < 4.78 is 38.9. The minimum atomic E-state index is -2.85. The molecular weight excluding hydrogens is 763 g/mol. The van der Waals surface area contributed by atoms with Crippen LogP contribution in [0.3, 0.4) is 0 Å². The third kappa shape index (κ3) is 7.87. The Kier molecular flexibility index (Phi) is 10.8. The molecule has 18 heteroatoms. The van der Waals surface area contributed by atoms with E-state index < -0.39 is 23.9 Å².